The van der Waals surface area contributed by atoms with Crippen molar-refractivity contribution in [2.24, 2.45) is 0 Å². The van der Waals surface area contributed by atoms with Gasteiger partial charge in [0.2, 0.25) is 0 Å². The van der Waals surface area contributed by atoms with Crippen LogP contribution in [-0.2, 0) is 12.8 Å². The second kappa shape index (κ2) is 6.44. The maximum atomic E-state index is 2.37. The van der Waals surface area contributed by atoms with Crippen LogP contribution in [0.25, 0.3) is 0 Å². The van der Waals surface area contributed by atoms with Crippen LogP contribution < -0.4 is 0 Å². The average Bonchev–Trinajstić information content (AvgIpc) is 2.27. The summed E-state index contributed by atoms with van der Waals surface area (Å²) >= 11 is 0. The van der Waals surface area contributed by atoms with Crippen LogP contribution in [0.5, 0.6) is 0 Å². The lowest BCUT2D eigenvalue weighted by Gasteiger charge is -2.05. The lowest BCUT2D eigenvalue weighted by molar-refractivity contribution is 0.897. The quantitative estimate of drug-likeness (QED) is 0.615. The summed E-state index contributed by atoms with van der Waals surface area (Å²) in [5.74, 6) is 0. The molecule has 15 heavy (non-hydrogen) atoms. The fourth-order valence-corrected chi connectivity index (χ4v) is 1.88. The minimum Gasteiger partial charge on any atom is -0.0812 e. The highest BCUT2D eigenvalue weighted by atomic mass is 14.0. The largest absolute Gasteiger partial charge is 0.0812 e. The van der Waals surface area contributed by atoms with Gasteiger partial charge in [-0.1, -0.05) is 56.2 Å². The Bertz CT molecular complexity index is 321. The van der Waals surface area contributed by atoms with Gasteiger partial charge in [-0.15, -0.1) is 0 Å². The first-order valence-electron chi connectivity index (χ1n) is 6.00. The van der Waals surface area contributed by atoms with Crippen LogP contribution in [0.4, 0.5) is 0 Å². The Labute approximate surface area is 94.0 Å². The summed E-state index contributed by atoms with van der Waals surface area (Å²) < 4.78 is 0. The van der Waals surface area contributed by atoms with Crippen LogP contribution in [0.1, 0.15) is 44.7 Å². The van der Waals surface area contributed by atoms with Crippen molar-refractivity contribution in [3.8, 4) is 0 Å². The van der Waals surface area contributed by atoms with Gasteiger partial charge in [0.05, 0.1) is 0 Å². The summed E-state index contributed by atoms with van der Waals surface area (Å²) in [6.45, 7) is 6.69. The first-order chi connectivity index (χ1) is 7.27. The van der Waals surface area contributed by atoms with E-state index in [0.29, 0.717) is 0 Å². The molecule has 0 fully saturated rings. The smallest absolute Gasteiger partial charge is 0.00921 e. The molecule has 1 aromatic rings. The molecule has 0 spiro atoms. The highest BCUT2D eigenvalue weighted by Gasteiger charge is 1.97. The third kappa shape index (κ3) is 3.91. The zero-order chi connectivity index (χ0) is 11.1. The molecule has 0 heterocycles. The Morgan fingerprint density at radius 3 is 2.40 bits per heavy atom. The predicted molar refractivity (Wildman–Crippen MR) is 68.2 cm³/mol. The second-order valence-corrected chi connectivity index (χ2v) is 4.13. The number of hydrogen-bond acceptors (Lipinski definition) is 0. The SMILES string of the molecule is CCCC(C)=CCc1ccccc1CC. The van der Waals surface area contributed by atoms with Gasteiger partial charge in [0, 0.05) is 0 Å². The lowest BCUT2D eigenvalue weighted by atomic mass is 10.0. The minimum atomic E-state index is 1.09. The number of hydrogen-bond donors (Lipinski definition) is 0. The summed E-state index contributed by atoms with van der Waals surface area (Å²) in [5.41, 5.74) is 4.48. The van der Waals surface area contributed by atoms with Gasteiger partial charge in [0.25, 0.3) is 0 Å². The molecule has 0 aliphatic heterocycles. The molecule has 0 aliphatic rings. The van der Waals surface area contributed by atoms with Crippen molar-refractivity contribution in [3.63, 3.8) is 0 Å². The maximum Gasteiger partial charge on any atom is -0.00921 e. The monoisotopic (exact) mass is 202 g/mol. The molecular weight excluding hydrogens is 180 g/mol. The highest BCUT2D eigenvalue weighted by molar-refractivity contribution is 5.29. The second-order valence-electron chi connectivity index (χ2n) is 4.13. The molecule has 0 radical (unpaired) electrons. The number of rotatable bonds is 5. The number of benzene rings is 1. The standard InChI is InChI=1S/C15H22/c1-4-8-13(3)11-12-15-10-7-6-9-14(15)5-2/h6-7,9-11H,4-5,8,12H2,1-3H3. The van der Waals surface area contributed by atoms with Gasteiger partial charge in [-0.25, -0.2) is 0 Å². The Hall–Kier alpha value is -1.04. The molecule has 0 unspecified atom stereocenters. The Morgan fingerprint density at radius 2 is 1.80 bits per heavy atom. The van der Waals surface area contributed by atoms with Gasteiger partial charge in [-0.2, -0.15) is 0 Å². The fourth-order valence-electron chi connectivity index (χ4n) is 1.88. The van der Waals surface area contributed by atoms with E-state index in [0.717, 1.165) is 12.8 Å². The molecule has 0 heteroatoms. The number of allylic oxidation sites excluding steroid dienone is 2. The first-order valence-corrected chi connectivity index (χ1v) is 6.00. The van der Waals surface area contributed by atoms with Crippen LogP contribution in [0.15, 0.2) is 35.9 Å². The van der Waals surface area contributed by atoms with Crippen LogP contribution in [0.2, 0.25) is 0 Å². The van der Waals surface area contributed by atoms with E-state index in [-0.39, 0.29) is 0 Å². The molecule has 0 N–H and O–H groups in total. The molecule has 0 amide bonds. The molecular formula is C15H22. The van der Waals surface area contributed by atoms with E-state index in [1.54, 1.807) is 0 Å². The fraction of sp³-hybridized carbons (Fsp3) is 0.467. The van der Waals surface area contributed by atoms with Gasteiger partial charge in [-0.3, -0.25) is 0 Å². The van der Waals surface area contributed by atoms with E-state index in [1.807, 2.05) is 0 Å². The van der Waals surface area contributed by atoms with Crippen LogP contribution in [-0.4, -0.2) is 0 Å². The molecule has 0 saturated carbocycles. The molecule has 0 bridgehead atoms. The molecule has 0 aliphatic carbocycles. The van der Waals surface area contributed by atoms with Crippen LogP contribution >= 0.6 is 0 Å². The molecule has 82 valence electrons. The van der Waals surface area contributed by atoms with Crippen molar-refractivity contribution in [1.29, 1.82) is 0 Å². The van der Waals surface area contributed by atoms with Crippen molar-refractivity contribution < 1.29 is 0 Å². The van der Waals surface area contributed by atoms with Crippen molar-refractivity contribution >= 4 is 0 Å². The Morgan fingerprint density at radius 1 is 1.13 bits per heavy atom. The highest BCUT2D eigenvalue weighted by Crippen LogP contribution is 2.12. The summed E-state index contributed by atoms with van der Waals surface area (Å²) in [4.78, 5) is 0. The van der Waals surface area contributed by atoms with E-state index in [2.05, 4.69) is 51.1 Å². The third-order valence-corrected chi connectivity index (χ3v) is 2.81. The first kappa shape index (κ1) is 12.0. The topological polar surface area (TPSA) is 0 Å². The van der Waals surface area contributed by atoms with E-state index in [9.17, 15) is 0 Å². The summed E-state index contributed by atoms with van der Waals surface area (Å²) in [7, 11) is 0. The van der Waals surface area contributed by atoms with E-state index in [1.165, 1.54) is 29.5 Å². The molecule has 0 nitrogen and oxygen atoms in total. The van der Waals surface area contributed by atoms with Gasteiger partial charge in [0.1, 0.15) is 0 Å². The Balaban J connectivity index is 2.68. The summed E-state index contributed by atoms with van der Waals surface area (Å²) in [6.07, 6.45) is 7.08. The van der Waals surface area contributed by atoms with Crippen molar-refractivity contribution in [2.45, 2.75) is 46.5 Å². The van der Waals surface area contributed by atoms with E-state index < -0.39 is 0 Å². The summed E-state index contributed by atoms with van der Waals surface area (Å²) in [5, 5.41) is 0. The molecule has 0 atom stereocenters. The minimum absolute atomic E-state index is 1.09. The van der Waals surface area contributed by atoms with Gasteiger partial charge in [0.15, 0.2) is 0 Å². The van der Waals surface area contributed by atoms with E-state index >= 15 is 0 Å². The van der Waals surface area contributed by atoms with Crippen LogP contribution in [0.3, 0.4) is 0 Å². The van der Waals surface area contributed by atoms with Crippen LogP contribution in [0, 0.1) is 0 Å². The average molecular weight is 202 g/mol. The van der Waals surface area contributed by atoms with Gasteiger partial charge < -0.3 is 0 Å². The zero-order valence-electron chi connectivity index (χ0n) is 10.2. The molecule has 0 saturated heterocycles. The van der Waals surface area contributed by atoms with Gasteiger partial charge in [-0.05, 0) is 37.3 Å². The number of aryl methyl sites for hydroxylation is 1. The Kier molecular flexibility index (Phi) is 5.17. The molecule has 1 rings (SSSR count). The molecule has 1 aromatic carbocycles. The normalized spacial score (nSPS) is 11.8. The zero-order valence-corrected chi connectivity index (χ0v) is 10.2. The van der Waals surface area contributed by atoms with Crippen molar-refractivity contribution in [3.05, 3.63) is 47.0 Å². The van der Waals surface area contributed by atoms with Gasteiger partial charge >= 0.3 is 0 Å². The third-order valence-electron chi connectivity index (χ3n) is 2.81. The predicted octanol–water partition coefficient (Wildman–Crippen LogP) is 4.54. The van der Waals surface area contributed by atoms with Crippen molar-refractivity contribution in [1.82, 2.24) is 0 Å². The maximum absolute atomic E-state index is 2.37. The summed E-state index contributed by atoms with van der Waals surface area (Å²) in [6, 6.07) is 8.75. The van der Waals surface area contributed by atoms with Crippen molar-refractivity contribution in [2.75, 3.05) is 0 Å². The van der Waals surface area contributed by atoms with E-state index in [4.69, 9.17) is 0 Å². The molecule has 0 aromatic heterocycles. The lowest BCUT2D eigenvalue weighted by Crippen LogP contribution is -1.91.